The van der Waals surface area contributed by atoms with Crippen LogP contribution in [0.4, 0.5) is 5.69 Å². The topological polar surface area (TPSA) is 49.3 Å². The van der Waals surface area contributed by atoms with Crippen LogP contribution in [-0.2, 0) is 6.54 Å². The molecule has 0 N–H and O–H groups in total. The summed E-state index contributed by atoms with van der Waals surface area (Å²) in [5, 5.41) is 0. The van der Waals surface area contributed by atoms with Crippen LogP contribution in [0.5, 0.6) is 0 Å². The summed E-state index contributed by atoms with van der Waals surface area (Å²) in [7, 11) is 1.83. The molecule has 0 aliphatic carbocycles. The summed E-state index contributed by atoms with van der Waals surface area (Å²) in [6.45, 7) is 10.7. The van der Waals surface area contributed by atoms with Gasteiger partial charge < -0.3 is 9.80 Å². The zero-order valence-electron chi connectivity index (χ0n) is 17.4. The third-order valence-corrected chi connectivity index (χ3v) is 5.15. The van der Waals surface area contributed by atoms with Gasteiger partial charge in [-0.3, -0.25) is 4.79 Å². The Morgan fingerprint density at radius 2 is 1.50 bits per heavy atom. The molecule has 0 spiro atoms. The van der Waals surface area contributed by atoms with Crippen LogP contribution < -0.4 is 4.90 Å². The fourth-order valence-corrected chi connectivity index (χ4v) is 3.33. The molecule has 0 aliphatic rings. The molecule has 3 aromatic rings. The Hall–Kier alpha value is -2.95. The number of aromatic nitrogens is 2. The first-order valence-corrected chi connectivity index (χ1v) is 9.77. The highest BCUT2D eigenvalue weighted by atomic mass is 16.2. The molecule has 2 aromatic carbocycles. The molecule has 0 fully saturated rings. The molecule has 0 radical (unpaired) electrons. The van der Waals surface area contributed by atoms with Crippen LogP contribution in [0.15, 0.2) is 42.5 Å². The van der Waals surface area contributed by atoms with Gasteiger partial charge in [0.05, 0.1) is 22.4 Å². The lowest BCUT2D eigenvalue weighted by molar-refractivity contribution is 0.0785. The molecule has 1 amide bonds. The number of anilines is 1. The molecule has 1 heterocycles. The highest BCUT2D eigenvalue weighted by Crippen LogP contribution is 2.18. The van der Waals surface area contributed by atoms with Crippen molar-refractivity contribution in [3.63, 3.8) is 0 Å². The molecule has 5 heteroatoms. The summed E-state index contributed by atoms with van der Waals surface area (Å²) >= 11 is 0. The van der Waals surface area contributed by atoms with Crippen molar-refractivity contribution in [1.29, 1.82) is 0 Å². The predicted octanol–water partition coefficient (Wildman–Crippen LogP) is 4.37. The molecule has 28 heavy (non-hydrogen) atoms. The first-order chi connectivity index (χ1) is 13.4. The molecular formula is C23H28N4O. The molecule has 0 saturated carbocycles. The predicted molar refractivity (Wildman–Crippen MR) is 115 cm³/mol. The lowest BCUT2D eigenvalue weighted by Crippen LogP contribution is -2.26. The zero-order valence-corrected chi connectivity index (χ0v) is 17.4. The number of amides is 1. The SMILES string of the molecule is CCN(CC)c1ccc(CN(C)C(=O)c2ccc3nc(C)c(C)nc3c2)cc1. The minimum absolute atomic E-state index is 0.0188. The van der Waals surface area contributed by atoms with E-state index in [4.69, 9.17) is 0 Å². The Labute approximate surface area is 167 Å². The molecule has 3 rings (SSSR count). The Kier molecular flexibility index (Phi) is 5.93. The first kappa shape index (κ1) is 19.8. The van der Waals surface area contributed by atoms with Crippen LogP contribution in [0.3, 0.4) is 0 Å². The van der Waals surface area contributed by atoms with Gasteiger partial charge in [0.25, 0.3) is 5.91 Å². The van der Waals surface area contributed by atoms with Gasteiger partial charge in [-0.15, -0.1) is 0 Å². The van der Waals surface area contributed by atoms with Gasteiger partial charge >= 0.3 is 0 Å². The Bertz CT molecular complexity index is 978. The maximum absolute atomic E-state index is 12.9. The zero-order chi connectivity index (χ0) is 20.3. The van der Waals surface area contributed by atoms with E-state index in [9.17, 15) is 4.79 Å². The second kappa shape index (κ2) is 8.38. The van der Waals surface area contributed by atoms with Crippen molar-refractivity contribution in [1.82, 2.24) is 14.9 Å². The van der Waals surface area contributed by atoms with Crippen LogP contribution in [0.1, 0.15) is 41.2 Å². The highest BCUT2D eigenvalue weighted by Gasteiger charge is 2.14. The normalized spacial score (nSPS) is 10.9. The Morgan fingerprint density at radius 3 is 2.11 bits per heavy atom. The van der Waals surface area contributed by atoms with E-state index in [1.807, 2.05) is 39.1 Å². The summed E-state index contributed by atoms with van der Waals surface area (Å²) in [6.07, 6.45) is 0. The van der Waals surface area contributed by atoms with Crippen molar-refractivity contribution in [2.45, 2.75) is 34.2 Å². The average Bonchev–Trinajstić information content (AvgIpc) is 2.70. The minimum Gasteiger partial charge on any atom is -0.372 e. The van der Waals surface area contributed by atoms with Gasteiger partial charge in [0.1, 0.15) is 0 Å². The van der Waals surface area contributed by atoms with Gasteiger partial charge in [0, 0.05) is 37.9 Å². The van der Waals surface area contributed by atoms with Crippen molar-refractivity contribution < 1.29 is 4.79 Å². The van der Waals surface area contributed by atoms with Gasteiger partial charge in [0.15, 0.2) is 0 Å². The summed E-state index contributed by atoms with van der Waals surface area (Å²) in [5.41, 5.74) is 6.32. The van der Waals surface area contributed by atoms with Gasteiger partial charge in [-0.1, -0.05) is 12.1 Å². The largest absolute Gasteiger partial charge is 0.372 e. The molecular weight excluding hydrogens is 348 g/mol. The van der Waals surface area contributed by atoms with Crippen molar-refractivity contribution in [2.75, 3.05) is 25.0 Å². The number of hydrogen-bond acceptors (Lipinski definition) is 4. The second-order valence-electron chi connectivity index (χ2n) is 7.10. The summed E-state index contributed by atoms with van der Waals surface area (Å²) < 4.78 is 0. The third-order valence-electron chi connectivity index (χ3n) is 5.15. The van der Waals surface area contributed by atoms with Crippen molar-refractivity contribution in [3.8, 4) is 0 Å². The first-order valence-electron chi connectivity index (χ1n) is 9.77. The maximum Gasteiger partial charge on any atom is 0.253 e. The van der Waals surface area contributed by atoms with Gasteiger partial charge in [-0.05, 0) is 63.6 Å². The molecule has 0 atom stereocenters. The number of carbonyl (C=O) groups excluding carboxylic acids is 1. The maximum atomic E-state index is 12.9. The van der Waals surface area contributed by atoms with E-state index in [0.717, 1.165) is 41.1 Å². The minimum atomic E-state index is -0.0188. The number of aryl methyl sites for hydroxylation is 2. The fourth-order valence-electron chi connectivity index (χ4n) is 3.33. The molecule has 1 aromatic heterocycles. The van der Waals surface area contributed by atoms with E-state index in [1.165, 1.54) is 5.69 Å². The van der Waals surface area contributed by atoms with Crippen LogP contribution in [0.25, 0.3) is 11.0 Å². The lowest BCUT2D eigenvalue weighted by atomic mass is 10.1. The van der Waals surface area contributed by atoms with Crippen LogP contribution in [0.2, 0.25) is 0 Å². The van der Waals surface area contributed by atoms with E-state index in [0.29, 0.717) is 12.1 Å². The summed E-state index contributed by atoms with van der Waals surface area (Å²) in [4.78, 5) is 26.0. The summed E-state index contributed by atoms with van der Waals surface area (Å²) in [6, 6.07) is 14.0. The van der Waals surface area contributed by atoms with Crippen molar-refractivity contribution >= 4 is 22.6 Å². The average molecular weight is 377 g/mol. The third kappa shape index (κ3) is 4.14. The Balaban J connectivity index is 1.75. The van der Waals surface area contributed by atoms with Gasteiger partial charge in [-0.2, -0.15) is 0 Å². The van der Waals surface area contributed by atoms with E-state index in [-0.39, 0.29) is 5.91 Å². The number of nitrogens with zero attached hydrogens (tertiary/aromatic N) is 4. The van der Waals surface area contributed by atoms with Crippen molar-refractivity contribution in [2.24, 2.45) is 0 Å². The lowest BCUT2D eigenvalue weighted by Gasteiger charge is -2.22. The molecule has 146 valence electrons. The van der Waals surface area contributed by atoms with Crippen molar-refractivity contribution in [3.05, 3.63) is 65.0 Å². The molecule has 0 bridgehead atoms. The fraction of sp³-hybridized carbons (Fsp3) is 0.348. The number of fused-ring (bicyclic) bond motifs is 1. The van der Waals surface area contributed by atoms with E-state index >= 15 is 0 Å². The highest BCUT2D eigenvalue weighted by molar-refractivity contribution is 5.97. The van der Waals surface area contributed by atoms with Gasteiger partial charge in [0.2, 0.25) is 0 Å². The standard InChI is InChI=1S/C23H28N4O/c1-6-27(7-2)20-11-8-18(9-12-20)15-26(5)23(28)19-10-13-21-22(14-19)25-17(4)16(3)24-21/h8-14H,6-7,15H2,1-5H3. The molecule has 0 aliphatic heterocycles. The molecule has 5 nitrogen and oxygen atoms in total. The van der Waals surface area contributed by atoms with Crippen LogP contribution >= 0.6 is 0 Å². The molecule has 0 unspecified atom stereocenters. The van der Waals surface area contributed by atoms with Gasteiger partial charge in [-0.25, -0.2) is 9.97 Å². The Morgan fingerprint density at radius 1 is 0.893 bits per heavy atom. The quantitative estimate of drug-likeness (QED) is 0.641. The van der Waals surface area contributed by atoms with E-state index in [2.05, 4.69) is 53.0 Å². The summed E-state index contributed by atoms with van der Waals surface area (Å²) in [5.74, 6) is -0.0188. The number of benzene rings is 2. The number of rotatable bonds is 6. The molecule has 0 saturated heterocycles. The number of carbonyl (C=O) groups is 1. The van der Waals surface area contributed by atoms with E-state index < -0.39 is 0 Å². The number of hydrogen-bond donors (Lipinski definition) is 0. The van der Waals surface area contributed by atoms with Crippen LogP contribution in [0, 0.1) is 13.8 Å². The smallest absolute Gasteiger partial charge is 0.253 e. The van der Waals surface area contributed by atoms with Crippen LogP contribution in [-0.4, -0.2) is 40.9 Å². The monoisotopic (exact) mass is 376 g/mol. The van der Waals surface area contributed by atoms with E-state index in [1.54, 1.807) is 4.90 Å². The second-order valence-corrected chi connectivity index (χ2v) is 7.10.